The van der Waals surface area contributed by atoms with Gasteiger partial charge in [-0.3, -0.25) is 4.68 Å². The van der Waals surface area contributed by atoms with Crippen molar-refractivity contribution in [2.75, 3.05) is 14.2 Å². The summed E-state index contributed by atoms with van der Waals surface area (Å²) in [7, 11) is 5.20. The number of benzene rings is 1. The van der Waals surface area contributed by atoms with E-state index < -0.39 is 0 Å². The van der Waals surface area contributed by atoms with Gasteiger partial charge in [0.05, 0.1) is 25.6 Å². The summed E-state index contributed by atoms with van der Waals surface area (Å²) >= 11 is 0. The molecule has 2 rings (SSSR count). The highest BCUT2D eigenvalue weighted by Gasteiger charge is 2.17. The summed E-state index contributed by atoms with van der Waals surface area (Å²) in [6, 6.07) is 5.71. The molecule has 0 amide bonds. The van der Waals surface area contributed by atoms with Crippen molar-refractivity contribution in [1.82, 2.24) is 9.78 Å². The lowest BCUT2D eigenvalue weighted by Crippen LogP contribution is -1.99. The number of hydrogen-bond donors (Lipinski definition) is 1. The molecule has 1 heterocycles. The van der Waals surface area contributed by atoms with Crippen LogP contribution in [-0.2, 0) is 13.6 Å². The van der Waals surface area contributed by atoms with Crippen molar-refractivity contribution < 1.29 is 9.47 Å². The van der Waals surface area contributed by atoms with Gasteiger partial charge in [-0.1, -0.05) is 0 Å². The van der Waals surface area contributed by atoms with Crippen LogP contribution >= 0.6 is 0 Å². The van der Waals surface area contributed by atoms with Crippen LogP contribution < -0.4 is 15.2 Å². The molecule has 0 spiro atoms. The number of nitrogens with zero attached hydrogens (tertiary/aromatic N) is 2. The molecule has 0 bridgehead atoms. The number of nitrogens with two attached hydrogens (primary N) is 1. The van der Waals surface area contributed by atoms with E-state index in [1.807, 2.05) is 36.9 Å². The first-order valence-corrected chi connectivity index (χ1v) is 6.07. The van der Waals surface area contributed by atoms with E-state index in [9.17, 15) is 0 Å². The normalized spacial score (nSPS) is 10.6. The minimum atomic E-state index is 0.423. The third-order valence-electron chi connectivity index (χ3n) is 3.24. The van der Waals surface area contributed by atoms with Crippen LogP contribution in [0.25, 0.3) is 11.3 Å². The van der Waals surface area contributed by atoms with Crippen molar-refractivity contribution in [2.24, 2.45) is 12.8 Å². The zero-order valence-corrected chi connectivity index (χ0v) is 11.7. The van der Waals surface area contributed by atoms with Gasteiger partial charge in [-0.2, -0.15) is 5.10 Å². The van der Waals surface area contributed by atoms with Crippen LogP contribution in [0.2, 0.25) is 0 Å². The topological polar surface area (TPSA) is 62.3 Å². The van der Waals surface area contributed by atoms with Gasteiger partial charge in [-0.05, 0) is 30.7 Å². The Kier molecular flexibility index (Phi) is 3.76. The molecule has 0 aliphatic rings. The van der Waals surface area contributed by atoms with Crippen molar-refractivity contribution in [3.63, 3.8) is 0 Å². The summed E-state index contributed by atoms with van der Waals surface area (Å²) in [6.07, 6.45) is 0. The Bertz CT molecular complexity index is 591. The maximum atomic E-state index is 5.71. The van der Waals surface area contributed by atoms with Crippen molar-refractivity contribution in [1.29, 1.82) is 0 Å². The zero-order chi connectivity index (χ0) is 14.0. The molecule has 0 unspecified atom stereocenters. The Labute approximate surface area is 112 Å². The third-order valence-corrected chi connectivity index (χ3v) is 3.24. The van der Waals surface area contributed by atoms with E-state index >= 15 is 0 Å². The number of methoxy groups -OCH3 is 2. The van der Waals surface area contributed by atoms with Gasteiger partial charge in [0.15, 0.2) is 0 Å². The van der Waals surface area contributed by atoms with Crippen LogP contribution in [0.15, 0.2) is 18.2 Å². The van der Waals surface area contributed by atoms with Gasteiger partial charge in [0, 0.05) is 19.2 Å². The largest absolute Gasteiger partial charge is 0.497 e. The SMILES string of the molecule is COc1ccc(OC)c(-c2c(C)c(CN)nn2C)c1. The van der Waals surface area contributed by atoms with Gasteiger partial charge in [0.25, 0.3) is 0 Å². The Morgan fingerprint density at radius 2 is 2.00 bits per heavy atom. The summed E-state index contributed by atoms with van der Waals surface area (Å²) in [5.41, 5.74) is 9.61. The van der Waals surface area contributed by atoms with Crippen LogP contribution in [0.3, 0.4) is 0 Å². The minimum Gasteiger partial charge on any atom is -0.497 e. The van der Waals surface area contributed by atoms with Gasteiger partial charge < -0.3 is 15.2 Å². The van der Waals surface area contributed by atoms with Gasteiger partial charge in [-0.15, -0.1) is 0 Å². The lowest BCUT2D eigenvalue weighted by atomic mass is 10.1. The van der Waals surface area contributed by atoms with E-state index in [1.54, 1.807) is 14.2 Å². The Morgan fingerprint density at radius 3 is 2.53 bits per heavy atom. The Hall–Kier alpha value is -2.01. The predicted molar refractivity (Wildman–Crippen MR) is 74.4 cm³/mol. The van der Waals surface area contributed by atoms with E-state index in [0.717, 1.165) is 34.0 Å². The fourth-order valence-corrected chi connectivity index (χ4v) is 2.25. The molecule has 0 saturated carbocycles. The maximum Gasteiger partial charge on any atom is 0.128 e. The number of ether oxygens (including phenoxy) is 2. The highest BCUT2D eigenvalue weighted by Crippen LogP contribution is 2.35. The summed E-state index contributed by atoms with van der Waals surface area (Å²) in [6.45, 7) is 2.44. The third kappa shape index (κ3) is 2.29. The smallest absolute Gasteiger partial charge is 0.128 e. The van der Waals surface area contributed by atoms with Gasteiger partial charge >= 0.3 is 0 Å². The van der Waals surface area contributed by atoms with Crippen molar-refractivity contribution in [3.05, 3.63) is 29.5 Å². The molecule has 5 heteroatoms. The van der Waals surface area contributed by atoms with Crippen LogP contribution in [0.1, 0.15) is 11.3 Å². The summed E-state index contributed by atoms with van der Waals surface area (Å²) in [5, 5.41) is 4.43. The highest BCUT2D eigenvalue weighted by molar-refractivity contribution is 5.72. The number of hydrogen-bond acceptors (Lipinski definition) is 4. The minimum absolute atomic E-state index is 0.423. The van der Waals surface area contributed by atoms with Crippen molar-refractivity contribution >= 4 is 0 Å². The maximum absolute atomic E-state index is 5.71. The molecule has 0 aliphatic heterocycles. The molecule has 2 aromatic rings. The first-order chi connectivity index (χ1) is 9.12. The summed E-state index contributed by atoms with van der Waals surface area (Å²) < 4.78 is 12.5. The van der Waals surface area contributed by atoms with Crippen LogP contribution in [0.4, 0.5) is 0 Å². The van der Waals surface area contributed by atoms with Gasteiger partial charge in [0.2, 0.25) is 0 Å². The molecule has 19 heavy (non-hydrogen) atoms. The van der Waals surface area contributed by atoms with Crippen LogP contribution in [0, 0.1) is 6.92 Å². The lowest BCUT2D eigenvalue weighted by Gasteiger charge is -2.11. The Balaban J connectivity index is 2.66. The van der Waals surface area contributed by atoms with E-state index in [-0.39, 0.29) is 0 Å². The second kappa shape index (κ2) is 5.32. The highest BCUT2D eigenvalue weighted by atomic mass is 16.5. The lowest BCUT2D eigenvalue weighted by molar-refractivity contribution is 0.404. The standard InChI is InChI=1S/C14H19N3O2/c1-9-12(8-15)16-17(2)14(9)11-7-10(18-3)5-6-13(11)19-4/h5-7H,8,15H2,1-4H3. The first kappa shape index (κ1) is 13.4. The predicted octanol–water partition coefficient (Wildman–Crippen LogP) is 1.87. The van der Waals surface area contributed by atoms with Gasteiger partial charge in [0.1, 0.15) is 11.5 Å². The molecular formula is C14H19N3O2. The second-order valence-electron chi connectivity index (χ2n) is 4.31. The monoisotopic (exact) mass is 261 g/mol. The molecule has 1 aromatic heterocycles. The number of rotatable bonds is 4. The molecule has 2 N–H and O–H groups in total. The van der Waals surface area contributed by atoms with E-state index in [4.69, 9.17) is 15.2 Å². The van der Waals surface area contributed by atoms with E-state index in [2.05, 4.69) is 5.10 Å². The summed E-state index contributed by atoms with van der Waals surface area (Å²) in [5.74, 6) is 1.57. The quantitative estimate of drug-likeness (QED) is 0.912. The first-order valence-electron chi connectivity index (χ1n) is 6.07. The second-order valence-corrected chi connectivity index (χ2v) is 4.31. The van der Waals surface area contributed by atoms with Crippen molar-refractivity contribution in [2.45, 2.75) is 13.5 Å². The average Bonchev–Trinajstić information content (AvgIpc) is 2.72. The molecule has 1 aromatic carbocycles. The number of aryl methyl sites for hydroxylation is 1. The molecule has 0 fully saturated rings. The van der Waals surface area contributed by atoms with Gasteiger partial charge in [-0.25, -0.2) is 0 Å². The molecule has 0 atom stereocenters. The molecule has 0 saturated heterocycles. The van der Waals surface area contributed by atoms with E-state index in [1.165, 1.54) is 0 Å². The van der Waals surface area contributed by atoms with Crippen LogP contribution in [-0.4, -0.2) is 24.0 Å². The number of aromatic nitrogens is 2. The zero-order valence-electron chi connectivity index (χ0n) is 11.7. The van der Waals surface area contributed by atoms with Crippen molar-refractivity contribution in [3.8, 4) is 22.8 Å². The molecule has 5 nitrogen and oxygen atoms in total. The molecular weight excluding hydrogens is 242 g/mol. The van der Waals surface area contributed by atoms with E-state index in [0.29, 0.717) is 6.54 Å². The molecule has 0 radical (unpaired) electrons. The molecule has 102 valence electrons. The summed E-state index contributed by atoms with van der Waals surface area (Å²) in [4.78, 5) is 0. The molecule has 0 aliphatic carbocycles. The average molecular weight is 261 g/mol. The fraction of sp³-hybridized carbons (Fsp3) is 0.357. The van der Waals surface area contributed by atoms with Crippen LogP contribution in [0.5, 0.6) is 11.5 Å². The fourth-order valence-electron chi connectivity index (χ4n) is 2.25. The Morgan fingerprint density at radius 1 is 1.26 bits per heavy atom.